The number of benzene rings is 1. The molecule has 138 valence electrons. The van der Waals surface area contributed by atoms with Crippen molar-refractivity contribution in [3.8, 4) is 0 Å². The van der Waals surface area contributed by atoms with Crippen molar-refractivity contribution in [3.63, 3.8) is 0 Å². The normalized spacial score (nSPS) is 16.2. The van der Waals surface area contributed by atoms with Crippen molar-refractivity contribution in [2.45, 2.75) is 6.04 Å². The lowest BCUT2D eigenvalue weighted by atomic mass is 10.1. The first kappa shape index (κ1) is 18.1. The minimum Gasteiger partial charge on any atom is -0.379 e. The minimum absolute atomic E-state index is 0.0153. The van der Waals surface area contributed by atoms with Crippen LogP contribution in [0, 0.1) is 10.1 Å². The van der Waals surface area contributed by atoms with E-state index in [9.17, 15) is 14.9 Å². The molecule has 2 aromatic rings. The van der Waals surface area contributed by atoms with E-state index in [1.54, 1.807) is 6.07 Å². The minimum atomic E-state index is -0.503. The Kier molecular flexibility index (Phi) is 5.65. The summed E-state index contributed by atoms with van der Waals surface area (Å²) in [5, 5.41) is 13.8. The second-order valence-corrected chi connectivity index (χ2v) is 6.23. The lowest BCUT2D eigenvalue weighted by Gasteiger charge is -2.35. The maximum Gasteiger partial charge on any atom is 0.270 e. The largest absolute Gasteiger partial charge is 0.379 e. The van der Waals surface area contributed by atoms with E-state index in [0.29, 0.717) is 19.8 Å². The van der Waals surface area contributed by atoms with Gasteiger partial charge in [-0.15, -0.1) is 0 Å². The number of amides is 1. The fourth-order valence-corrected chi connectivity index (χ4v) is 3.18. The van der Waals surface area contributed by atoms with Gasteiger partial charge in [-0.25, -0.2) is 0 Å². The van der Waals surface area contributed by atoms with Gasteiger partial charge in [0.1, 0.15) is 0 Å². The van der Waals surface area contributed by atoms with Gasteiger partial charge >= 0.3 is 0 Å². The van der Waals surface area contributed by atoms with Crippen LogP contribution in [-0.2, 0) is 11.8 Å². The smallest absolute Gasteiger partial charge is 0.270 e. The zero-order valence-corrected chi connectivity index (χ0v) is 14.6. The predicted octanol–water partition coefficient (Wildman–Crippen LogP) is 1.74. The Bertz CT molecular complexity index is 783. The number of carbonyl (C=O) groups is 1. The lowest BCUT2D eigenvalue weighted by Crippen LogP contribution is -2.44. The molecule has 0 saturated carbocycles. The number of nitrogens with zero attached hydrogens (tertiary/aromatic N) is 3. The quantitative estimate of drug-likeness (QED) is 0.627. The molecule has 1 aliphatic heterocycles. The zero-order valence-electron chi connectivity index (χ0n) is 14.6. The monoisotopic (exact) mass is 358 g/mol. The summed E-state index contributed by atoms with van der Waals surface area (Å²) in [4.78, 5) is 25.2. The third-order valence-corrected chi connectivity index (χ3v) is 4.59. The summed E-state index contributed by atoms with van der Waals surface area (Å²) >= 11 is 0. The molecular formula is C18H22N4O4. The van der Waals surface area contributed by atoms with Crippen LogP contribution in [0.4, 0.5) is 5.69 Å². The first-order chi connectivity index (χ1) is 12.6. The van der Waals surface area contributed by atoms with Crippen LogP contribution in [0.3, 0.4) is 0 Å². The molecule has 1 unspecified atom stereocenters. The highest BCUT2D eigenvalue weighted by Crippen LogP contribution is 2.22. The second-order valence-electron chi connectivity index (χ2n) is 6.23. The molecule has 1 fully saturated rings. The van der Waals surface area contributed by atoms with E-state index in [0.717, 1.165) is 18.8 Å². The molecule has 8 heteroatoms. The molecule has 26 heavy (non-hydrogen) atoms. The van der Waals surface area contributed by atoms with Crippen molar-refractivity contribution in [3.05, 3.63) is 64.0 Å². The molecule has 0 aliphatic carbocycles. The number of nitro groups is 1. The molecule has 2 heterocycles. The van der Waals surface area contributed by atoms with Crippen molar-refractivity contribution in [1.29, 1.82) is 0 Å². The summed E-state index contributed by atoms with van der Waals surface area (Å²) in [6, 6.07) is 9.80. The molecule has 0 spiro atoms. The average molecular weight is 358 g/mol. The van der Waals surface area contributed by atoms with Crippen LogP contribution in [0.5, 0.6) is 0 Å². The zero-order chi connectivity index (χ0) is 18.5. The van der Waals surface area contributed by atoms with Crippen molar-refractivity contribution in [2.75, 3.05) is 32.8 Å². The molecule has 8 nitrogen and oxygen atoms in total. The number of morpholine rings is 1. The maximum atomic E-state index is 12.5. The van der Waals surface area contributed by atoms with Crippen LogP contribution in [0.1, 0.15) is 22.1 Å². The van der Waals surface area contributed by atoms with Gasteiger partial charge in [0, 0.05) is 56.3 Å². The van der Waals surface area contributed by atoms with E-state index in [2.05, 4.69) is 10.2 Å². The third kappa shape index (κ3) is 4.09. The number of ether oxygens (including phenoxy) is 1. The standard InChI is InChI=1S/C18H22N4O4/c1-20-7-3-6-16(20)17(21-8-10-26-11-9-21)13-19-18(23)14-4-2-5-15(12-14)22(24)25/h2-7,12,17H,8-11,13H2,1H3,(H,19,23). The van der Waals surface area contributed by atoms with Gasteiger partial charge in [0.25, 0.3) is 11.6 Å². The molecule has 1 saturated heterocycles. The third-order valence-electron chi connectivity index (χ3n) is 4.59. The fourth-order valence-electron chi connectivity index (χ4n) is 3.18. The molecule has 1 aromatic carbocycles. The number of hydrogen-bond acceptors (Lipinski definition) is 5. The van der Waals surface area contributed by atoms with Crippen LogP contribution in [0.15, 0.2) is 42.6 Å². The van der Waals surface area contributed by atoms with Crippen molar-refractivity contribution in [1.82, 2.24) is 14.8 Å². The number of rotatable bonds is 6. The van der Waals surface area contributed by atoms with E-state index >= 15 is 0 Å². The Morgan fingerprint density at radius 1 is 1.31 bits per heavy atom. The Labute approximate surface area is 151 Å². The van der Waals surface area contributed by atoms with Crippen LogP contribution in [0.2, 0.25) is 0 Å². The van der Waals surface area contributed by atoms with E-state index in [1.165, 1.54) is 18.2 Å². The SMILES string of the molecule is Cn1cccc1C(CNC(=O)c1cccc([N+](=O)[O-])c1)N1CCOCC1. The number of aryl methyl sites for hydroxylation is 1. The van der Waals surface area contributed by atoms with Crippen LogP contribution < -0.4 is 5.32 Å². The fraction of sp³-hybridized carbons (Fsp3) is 0.389. The Hall–Kier alpha value is -2.71. The van der Waals surface area contributed by atoms with Gasteiger partial charge in [0.15, 0.2) is 0 Å². The molecule has 0 radical (unpaired) electrons. The highest BCUT2D eigenvalue weighted by atomic mass is 16.6. The number of nitrogens with one attached hydrogen (secondary N) is 1. The highest BCUT2D eigenvalue weighted by Gasteiger charge is 2.25. The summed E-state index contributed by atoms with van der Waals surface area (Å²) in [6.45, 7) is 3.34. The van der Waals surface area contributed by atoms with Gasteiger partial charge < -0.3 is 14.6 Å². The van der Waals surface area contributed by atoms with Crippen LogP contribution in [0.25, 0.3) is 0 Å². The van der Waals surface area contributed by atoms with Gasteiger partial charge in [-0.1, -0.05) is 6.07 Å². The van der Waals surface area contributed by atoms with Crippen molar-refractivity contribution in [2.24, 2.45) is 7.05 Å². The summed E-state index contributed by atoms with van der Waals surface area (Å²) in [7, 11) is 1.98. The summed E-state index contributed by atoms with van der Waals surface area (Å²) in [6.07, 6.45) is 1.98. The van der Waals surface area contributed by atoms with E-state index < -0.39 is 4.92 Å². The number of carbonyl (C=O) groups excluding carboxylic acids is 1. The molecule has 1 N–H and O–H groups in total. The molecular weight excluding hydrogens is 336 g/mol. The average Bonchev–Trinajstić information content (AvgIpc) is 3.08. The van der Waals surface area contributed by atoms with Gasteiger partial charge in [-0.05, 0) is 18.2 Å². The van der Waals surface area contributed by atoms with E-state index in [-0.39, 0.29) is 23.2 Å². The number of nitro benzene ring substituents is 1. The van der Waals surface area contributed by atoms with Crippen molar-refractivity contribution >= 4 is 11.6 Å². The number of hydrogen-bond donors (Lipinski definition) is 1. The molecule has 0 bridgehead atoms. The number of aromatic nitrogens is 1. The Morgan fingerprint density at radius 2 is 2.08 bits per heavy atom. The summed E-state index contributed by atoms with van der Waals surface area (Å²) in [5.41, 5.74) is 1.29. The number of non-ortho nitro benzene ring substituents is 1. The Balaban J connectivity index is 1.73. The first-order valence-electron chi connectivity index (χ1n) is 8.52. The maximum absolute atomic E-state index is 12.5. The molecule has 1 atom stereocenters. The first-order valence-corrected chi connectivity index (χ1v) is 8.52. The summed E-state index contributed by atoms with van der Waals surface area (Å²) in [5.74, 6) is -0.318. The highest BCUT2D eigenvalue weighted by molar-refractivity contribution is 5.94. The molecule has 1 amide bonds. The Morgan fingerprint density at radius 3 is 2.73 bits per heavy atom. The van der Waals surface area contributed by atoms with Crippen LogP contribution >= 0.6 is 0 Å². The summed E-state index contributed by atoms with van der Waals surface area (Å²) < 4.78 is 7.47. The molecule has 1 aliphatic rings. The van der Waals surface area contributed by atoms with E-state index in [1.807, 2.05) is 29.9 Å². The topological polar surface area (TPSA) is 89.6 Å². The lowest BCUT2D eigenvalue weighted by molar-refractivity contribution is -0.384. The molecule has 3 rings (SSSR count). The van der Waals surface area contributed by atoms with Gasteiger partial charge in [-0.2, -0.15) is 0 Å². The predicted molar refractivity (Wildman–Crippen MR) is 96.0 cm³/mol. The van der Waals surface area contributed by atoms with Gasteiger partial charge in [-0.3, -0.25) is 19.8 Å². The van der Waals surface area contributed by atoms with Crippen molar-refractivity contribution < 1.29 is 14.5 Å². The van der Waals surface area contributed by atoms with Gasteiger partial charge in [0.05, 0.1) is 24.2 Å². The van der Waals surface area contributed by atoms with Gasteiger partial charge in [0.2, 0.25) is 0 Å². The van der Waals surface area contributed by atoms with E-state index in [4.69, 9.17) is 4.74 Å². The van der Waals surface area contributed by atoms with Crippen LogP contribution in [-0.4, -0.2) is 53.1 Å². The second kappa shape index (κ2) is 8.11. The molecule has 1 aromatic heterocycles.